The van der Waals surface area contributed by atoms with Crippen LogP contribution in [-0.2, 0) is 10.0 Å². The molecule has 3 N–H and O–H groups in total. The average Bonchev–Trinajstić information content (AvgIpc) is 2.50. The standard InChI is InChI=1S/C18H31NO4S/c1-11(2)14-7-16(12(3)4)18(17(8-14)13(5)6)24(22,23)19-9-15(21)10-20/h7-8,11-13,15,19-21H,9-10H2,1-6H3. The normalized spacial score (nSPS) is 14.0. The Kier molecular flexibility index (Phi) is 7.41. The van der Waals surface area contributed by atoms with Crippen molar-refractivity contribution in [2.75, 3.05) is 13.2 Å². The molecular formula is C18H31NO4S. The van der Waals surface area contributed by atoms with Crippen LogP contribution in [0.2, 0.25) is 0 Å². The molecule has 5 nitrogen and oxygen atoms in total. The van der Waals surface area contributed by atoms with Crippen molar-refractivity contribution < 1.29 is 18.6 Å². The second-order valence-corrected chi connectivity index (χ2v) is 8.88. The summed E-state index contributed by atoms with van der Waals surface area (Å²) in [5.41, 5.74) is 2.70. The fraction of sp³-hybridized carbons (Fsp3) is 0.667. The van der Waals surface area contributed by atoms with Gasteiger partial charge < -0.3 is 10.2 Å². The van der Waals surface area contributed by atoms with E-state index in [1.54, 1.807) is 0 Å². The third-order valence-electron chi connectivity index (χ3n) is 4.07. The third-order valence-corrected chi connectivity index (χ3v) is 5.62. The van der Waals surface area contributed by atoms with E-state index >= 15 is 0 Å². The molecule has 0 aliphatic carbocycles. The largest absolute Gasteiger partial charge is 0.394 e. The molecule has 0 aliphatic rings. The number of nitrogens with one attached hydrogen (secondary N) is 1. The first-order valence-electron chi connectivity index (χ1n) is 8.47. The highest BCUT2D eigenvalue weighted by molar-refractivity contribution is 7.89. The Morgan fingerprint density at radius 3 is 1.75 bits per heavy atom. The first kappa shape index (κ1) is 21.1. The topological polar surface area (TPSA) is 86.6 Å². The summed E-state index contributed by atoms with van der Waals surface area (Å²) in [7, 11) is -3.78. The van der Waals surface area contributed by atoms with Gasteiger partial charge in [-0.15, -0.1) is 0 Å². The second-order valence-electron chi connectivity index (χ2n) is 7.18. The molecule has 0 amide bonds. The summed E-state index contributed by atoms with van der Waals surface area (Å²) in [6.07, 6.45) is -1.11. The summed E-state index contributed by atoms with van der Waals surface area (Å²) in [5, 5.41) is 18.4. The minimum absolute atomic E-state index is 0.0514. The van der Waals surface area contributed by atoms with Crippen LogP contribution in [-0.4, -0.2) is 37.9 Å². The SMILES string of the molecule is CC(C)c1cc(C(C)C)c(S(=O)(=O)NCC(O)CO)c(C(C)C)c1. The van der Waals surface area contributed by atoms with E-state index in [1.165, 1.54) is 0 Å². The van der Waals surface area contributed by atoms with E-state index in [2.05, 4.69) is 18.6 Å². The molecule has 0 saturated carbocycles. The first-order chi connectivity index (χ1) is 11.0. The molecule has 1 aromatic carbocycles. The molecule has 0 heterocycles. The maximum atomic E-state index is 12.9. The molecule has 0 bridgehead atoms. The van der Waals surface area contributed by atoms with E-state index in [0.717, 1.165) is 16.7 Å². The second kappa shape index (κ2) is 8.43. The number of aliphatic hydroxyl groups excluding tert-OH is 2. The zero-order chi connectivity index (χ0) is 18.7. The quantitative estimate of drug-likeness (QED) is 0.667. The van der Waals surface area contributed by atoms with Crippen LogP contribution in [0.25, 0.3) is 0 Å². The monoisotopic (exact) mass is 357 g/mol. The van der Waals surface area contributed by atoms with Crippen LogP contribution in [0.15, 0.2) is 17.0 Å². The van der Waals surface area contributed by atoms with Crippen molar-refractivity contribution in [1.29, 1.82) is 0 Å². The van der Waals surface area contributed by atoms with Crippen molar-refractivity contribution in [3.63, 3.8) is 0 Å². The van der Waals surface area contributed by atoms with Gasteiger partial charge in [-0.3, -0.25) is 0 Å². The van der Waals surface area contributed by atoms with E-state index < -0.39 is 22.7 Å². The van der Waals surface area contributed by atoms with Crippen LogP contribution in [0.4, 0.5) is 0 Å². The molecule has 0 aliphatic heterocycles. The zero-order valence-electron chi connectivity index (χ0n) is 15.5. The molecule has 0 radical (unpaired) electrons. The van der Waals surface area contributed by atoms with E-state index in [0.29, 0.717) is 10.8 Å². The van der Waals surface area contributed by atoms with Crippen molar-refractivity contribution in [2.24, 2.45) is 0 Å². The molecule has 24 heavy (non-hydrogen) atoms. The van der Waals surface area contributed by atoms with Crippen LogP contribution < -0.4 is 4.72 Å². The molecule has 1 atom stereocenters. The van der Waals surface area contributed by atoms with E-state index in [1.807, 2.05) is 39.8 Å². The summed E-state index contributed by atoms with van der Waals surface area (Å²) in [6, 6.07) is 3.94. The van der Waals surface area contributed by atoms with Crippen LogP contribution >= 0.6 is 0 Å². The molecular weight excluding hydrogens is 326 g/mol. The Morgan fingerprint density at radius 2 is 1.42 bits per heavy atom. The van der Waals surface area contributed by atoms with Crippen molar-refractivity contribution >= 4 is 10.0 Å². The van der Waals surface area contributed by atoms with Gasteiger partial charge in [0.25, 0.3) is 0 Å². The Morgan fingerprint density at radius 1 is 0.958 bits per heavy atom. The van der Waals surface area contributed by atoms with Gasteiger partial charge in [0, 0.05) is 6.54 Å². The number of hydrogen-bond acceptors (Lipinski definition) is 4. The average molecular weight is 358 g/mol. The first-order valence-corrected chi connectivity index (χ1v) is 9.95. The summed E-state index contributed by atoms with van der Waals surface area (Å²) in [6.45, 7) is 11.4. The highest BCUT2D eigenvalue weighted by Gasteiger charge is 2.27. The minimum Gasteiger partial charge on any atom is -0.394 e. The molecule has 0 spiro atoms. The summed E-state index contributed by atoms with van der Waals surface area (Å²) >= 11 is 0. The number of benzene rings is 1. The molecule has 0 saturated heterocycles. The van der Waals surface area contributed by atoms with E-state index in [4.69, 9.17) is 5.11 Å². The highest BCUT2D eigenvalue weighted by Crippen LogP contribution is 2.34. The van der Waals surface area contributed by atoms with E-state index in [-0.39, 0.29) is 18.4 Å². The van der Waals surface area contributed by atoms with Gasteiger partial charge in [-0.25, -0.2) is 13.1 Å². The number of aliphatic hydroxyl groups is 2. The summed E-state index contributed by atoms with van der Waals surface area (Å²) in [4.78, 5) is 0.307. The summed E-state index contributed by atoms with van der Waals surface area (Å²) in [5.74, 6) is 0.409. The Hall–Kier alpha value is -0.950. The molecule has 0 aromatic heterocycles. The number of rotatable bonds is 8. The van der Waals surface area contributed by atoms with Crippen molar-refractivity contribution in [3.8, 4) is 0 Å². The van der Waals surface area contributed by atoms with Crippen LogP contribution in [0.5, 0.6) is 0 Å². The maximum absolute atomic E-state index is 12.9. The number of hydrogen-bond donors (Lipinski definition) is 3. The molecule has 0 fully saturated rings. The molecule has 1 unspecified atom stereocenters. The zero-order valence-corrected chi connectivity index (χ0v) is 16.3. The van der Waals surface area contributed by atoms with E-state index in [9.17, 15) is 13.5 Å². The Bertz CT molecular complexity index is 622. The third kappa shape index (κ3) is 5.02. The van der Waals surface area contributed by atoms with Gasteiger partial charge in [0.15, 0.2) is 0 Å². The van der Waals surface area contributed by atoms with Gasteiger partial charge in [0.05, 0.1) is 17.6 Å². The molecule has 138 valence electrons. The molecule has 6 heteroatoms. The maximum Gasteiger partial charge on any atom is 0.241 e. The van der Waals surface area contributed by atoms with Gasteiger partial charge in [-0.1, -0.05) is 53.7 Å². The Labute approximate surface area is 146 Å². The fourth-order valence-electron chi connectivity index (χ4n) is 2.54. The summed E-state index contributed by atoms with van der Waals surface area (Å²) < 4.78 is 28.2. The lowest BCUT2D eigenvalue weighted by Crippen LogP contribution is -2.35. The Balaban J connectivity index is 3.53. The predicted octanol–water partition coefficient (Wildman–Crippen LogP) is 2.69. The van der Waals surface area contributed by atoms with Crippen LogP contribution in [0.3, 0.4) is 0 Å². The fourth-order valence-corrected chi connectivity index (χ4v) is 4.31. The lowest BCUT2D eigenvalue weighted by Gasteiger charge is -2.23. The lowest BCUT2D eigenvalue weighted by atomic mass is 9.89. The van der Waals surface area contributed by atoms with Crippen LogP contribution in [0, 0.1) is 0 Å². The van der Waals surface area contributed by atoms with Crippen molar-refractivity contribution in [2.45, 2.75) is 70.3 Å². The van der Waals surface area contributed by atoms with Gasteiger partial charge in [0.1, 0.15) is 0 Å². The van der Waals surface area contributed by atoms with Crippen molar-refractivity contribution in [1.82, 2.24) is 4.72 Å². The lowest BCUT2D eigenvalue weighted by molar-refractivity contribution is 0.0988. The highest BCUT2D eigenvalue weighted by atomic mass is 32.2. The molecule has 1 aromatic rings. The smallest absolute Gasteiger partial charge is 0.241 e. The minimum atomic E-state index is -3.78. The van der Waals surface area contributed by atoms with Crippen molar-refractivity contribution in [3.05, 3.63) is 28.8 Å². The van der Waals surface area contributed by atoms with Crippen LogP contribution in [0.1, 0.15) is 76.0 Å². The van der Waals surface area contributed by atoms with Gasteiger partial charge in [-0.05, 0) is 34.4 Å². The predicted molar refractivity (Wildman–Crippen MR) is 97.0 cm³/mol. The number of sulfonamides is 1. The molecule has 1 rings (SSSR count). The van der Waals surface area contributed by atoms with Gasteiger partial charge in [0.2, 0.25) is 10.0 Å². The van der Waals surface area contributed by atoms with Gasteiger partial charge in [-0.2, -0.15) is 0 Å². The van der Waals surface area contributed by atoms with Gasteiger partial charge >= 0.3 is 0 Å².